The zero-order valence-corrected chi connectivity index (χ0v) is 16.7. The highest BCUT2D eigenvalue weighted by molar-refractivity contribution is 5.96. The largest absolute Gasteiger partial charge is 0.497 e. The number of rotatable bonds is 9. The number of nitrogens with one attached hydrogen (secondary N) is 2. The SMILES string of the molecule is CCN(CC(=O)Nc1ccc(OC)cc1)[C@H](C)C(=O)Nc1cccc(OC)c1. The van der Waals surface area contributed by atoms with Crippen LogP contribution >= 0.6 is 0 Å². The molecule has 1 atom stereocenters. The van der Waals surface area contributed by atoms with Crippen molar-refractivity contribution in [1.82, 2.24) is 4.90 Å². The molecule has 2 aromatic carbocycles. The van der Waals surface area contributed by atoms with E-state index in [1.54, 1.807) is 74.6 Å². The summed E-state index contributed by atoms with van der Waals surface area (Å²) in [6.07, 6.45) is 0. The van der Waals surface area contributed by atoms with Crippen molar-refractivity contribution < 1.29 is 19.1 Å². The molecule has 150 valence electrons. The molecular weight excluding hydrogens is 358 g/mol. The van der Waals surface area contributed by atoms with Crippen molar-refractivity contribution in [2.75, 3.05) is 37.9 Å². The second kappa shape index (κ2) is 10.3. The molecule has 0 saturated carbocycles. The van der Waals surface area contributed by atoms with Gasteiger partial charge in [0.05, 0.1) is 26.8 Å². The second-order valence-electron chi connectivity index (χ2n) is 6.24. The van der Waals surface area contributed by atoms with Gasteiger partial charge < -0.3 is 20.1 Å². The number of amides is 2. The lowest BCUT2D eigenvalue weighted by atomic mass is 10.2. The van der Waals surface area contributed by atoms with E-state index in [9.17, 15) is 9.59 Å². The lowest BCUT2D eigenvalue weighted by Gasteiger charge is -2.26. The minimum atomic E-state index is -0.474. The molecule has 0 saturated heterocycles. The van der Waals surface area contributed by atoms with Gasteiger partial charge in [0.15, 0.2) is 0 Å². The molecule has 0 radical (unpaired) electrons. The van der Waals surface area contributed by atoms with Crippen molar-refractivity contribution in [1.29, 1.82) is 0 Å². The van der Waals surface area contributed by atoms with E-state index in [-0.39, 0.29) is 18.4 Å². The average Bonchev–Trinajstić information content (AvgIpc) is 2.72. The highest BCUT2D eigenvalue weighted by Gasteiger charge is 2.22. The van der Waals surface area contributed by atoms with E-state index in [1.165, 1.54) is 0 Å². The second-order valence-corrected chi connectivity index (χ2v) is 6.24. The van der Waals surface area contributed by atoms with Crippen molar-refractivity contribution in [3.8, 4) is 11.5 Å². The van der Waals surface area contributed by atoms with Crippen LogP contribution in [0.3, 0.4) is 0 Å². The van der Waals surface area contributed by atoms with Crippen molar-refractivity contribution >= 4 is 23.2 Å². The molecule has 28 heavy (non-hydrogen) atoms. The third kappa shape index (κ3) is 5.99. The van der Waals surface area contributed by atoms with Crippen LogP contribution in [0.2, 0.25) is 0 Å². The van der Waals surface area contributed by atoms with E-state index in [0.717, 1.165) is 5.75 Å². The third-order valence-corrected chi connectivity index (χ3v) is 4.39. The molecule has 0 heterocycles. The molecule has 0 aromatic heterocycles. The molecular formula is C21H27N3O4. The first-order valence-corrected chi connectivity index (χ1v) is 9.09. The Morgan fingerprint density at radius 3 is 2.25 bits per heavy atom. The molecule has 0 spiro atoms. The summed E-state index contributed by atoms with van der Waals surface area (Å²) in [5.74, 6) is 1.01. The first-order chi connectivity index (χ1) is 13.5. The number of ether oxygens (including phenoxy) is 2. The molecule has 7 heteroatoms. The van der Waals surface area contributed by atoms with Gasteiger partial charge in [-0.3, -0.25) is 14.5 Å². The van der Waals surface area contributed by atoms with Gasteiger partial charge in [-0.05, 0) is 49.9 Å². The van der Waals surface area contributed by atoms with Crippen LogP contribution in [0.1, 0.15) is 13.8 Å². The predicted molar refractivity (Wildman–Crippen MR) is 110 cm³/mol. The Balaban J connectivity index is 1.94. The van der Waals surface area contributed by atoms with E-state index in [1.807, 2.05) is 6.92 Å². The molecule has 0 fully saturated rings. The van der Waals surface area contributed by atoms with E-state index in [0.29, 0.717) is 23.7 Å². The van der Waals surface area contributed by atoms with E-state index < -0.39 is 6.04 Å². The van der Waals surface area contributed by atoms with Crippen LogP contribution in [-0.2, 0) is 9.59 Å². The van der Waals surface area contributed by atoms with Crippen LogP contribution in [0.4, 0.5) is 11.4 Å². The summed E-state index contributed by atoms with van der Waals surface area (Å²) < 4.78 is 10.3. The van der Waals surface area contributed by atoms with Crippen molar-refractivity contribution in [3.05, 3.63) is 48.5 Å². The van der Waals surface area contributed by atoms with Crippen LogP contribution in [0.5, 0.6) is 11.5 Å². The Hall–Kier alpha value is -3.06. The minimum Gasteiger partial charge on any atom is -0.497 e. The molecule has 0 bridgehead atoms. The summed E-state index contributed by atoms with van der Waals surface area (Å²) >= 11 is 0. The standard InChI is InChI=1S/C21H27N3O4/c1-5-24(14-20(25)22-16-9-11-18(27-3)12-10-16)15(2)21(26)23-17-7-6-8-19(13-17)28-4/h6-13,15H,5,14H2,1-4H3,(H,22,25)(H,23,26)/t15-/m1/s1. The number of anilines is 2. The van der Waals surface area contributed by atoms with Crippen molar-refractivity contribution in [2.24, 2.45) is 0 Å². The first kappa shape index (κ1) is 21.2. The number of carbonyl (C=O) groups excluding carboxylic acids is 2. The molecule has 7 nitrogen and oxygen atoms in total. The fourth-order valence-electron chi connectivity index (χ4n) is 2.70. The maximum absolute atomic E-state index is 12.6. The molecule has 0 aliphatic carbocycles. The summed E-state index contributed by atoms with van der Waals surface area (Å²) in [5.41, 5.74) is 1.32. The van der Waals surface area contributed by atoms with E-state index in [4.69, 9.17) is 9.47 Å². The molecule has 2 rings (SSSR count). The Bertz CT molecular complexity index is 792. The Morgan fingerprint density at radius 1 is 0.964 bits per heavy atom. The summed E-state index contributed by atoms with van der Waals surface area (Å²) in [6.45, 7) is 4.35. The molecule has 0 aliphatic heterocycles. The van der Waals surface area contributed by atoms with Crippen LogP contribution in [-0.4, -0.2) is 50.1 Å². The quantitative estimate of drug-likeness (QED) is 0.694. The molecule has 2 amide bonds. The van der Waals surface area contributed by atoms with Gasteiger partial charge >= 0.3 is 0 Å². The molecule has 0 aliphatic rings. The summed E-state index contributed by atoms with van der Waals surface area (Å²) in [7, 11) is 3.16. The predicted octanol–water partition coefficient (Wildman–Crippen LogP) is 2.99. The Kier molecular flexibility index (Phi) is 7.83. The average molecular weight is 385 g/mol. The highest BCUT2D eigenvalue weighted by Crippen LogP contribution is 2.18. The van der Waals surface area contributed by atoms with Gasteiger partial charge in [-0.1, -0.05) is 13.0 Å². The van der Waals surface area contributed by atoms with Gasteiger partial charge in [-0.25, -0.2) is 0 Å². The molecule has 0 unspecified atom stereocenters. The number of benzene rings is 2. The zero-order valence-electron chi connectivity index (χ0n) is 16.7. The lowest BCUT2D eigenvalue weighted by molar-refractivity contribution is -0.123. The number of hydrogen-bond donors (Lipinski definition) is 2. The third-order valence-electron chi connectivity index (χ3n) is 4.39. The zero-order chi connectivity index (χ0) is 20.5. The highest BCUT2D eigenvalue weighted by atomic mass is 16.5. The van der Waals surface area contributed by atoms with Crippen LogP contribution in [0.25, 0.3) is 0 Å². The van der Waals surface area contributed by atoms with Crippen LogP contribution in [0.15, 0.2) is 48.5 Å². The summed E-state index contributed by atoms with van der Waals surface area (Å²) in [4.78, 5) is 26.8. The monoisotopic (exact) mass is 385 g/mol. The van der Waals surface area contributed by atoms with Crippen LogP contribution in [0, 0.1) is 0 Å². The van der Waals surface area contributed by atoms with Crippen molar-refractivity contribution in [3.63, 3.8) is 0 Å². The van der Waals surface area contributed by atoms with E-state index in [2.05, 4.69) is 10.6 Å². The number of hydrogen-bond acceptors (Lipinski definition) is 5. The van der Waals surface area contributed by atoms with Gasteiger partial charge in [0.25, 0.3) is 0 Å². The van der Waals surface area contributed by atoms with Gasteiger partial charge in [-0.2, -0.15) is 0 Å². The first-order valence-electron chi connectivity index (χ1n) is 9.09. The summed E-state index contributed by atoms with van der Waals surface area (Å²) in [6, 6.07) is 13.8. The van der Waals surface area contributed by atoms with Gasteiger partial charge in [0.1, 0.15) is 11.5 Å². The topological polar surface area (TPSA) is 79.9 Å². The number of carbonyl (C=O) groups is 2. The van der Waals surface area contributed by atoms with Crippen molar-refractivity contribution in [2.45, 2.75) is 19.9 Å². The molecule has 2 N–H and O–H groups in total. The van der Waals surface area contributed by atoms with Crippen LogP contribution < -0.4 is 20.1 Å². The number of nitrogens with zero attached hydrogens (tertiary/aromatic N) is 1. The number of methoxy groups -OCH3 is 2. The van der Waals surface area contributed by atoms with Gasteiger partial charge in [0.2, 0.25) is 11.8 Å². The van der Waals surface area contributed by atoms with Gasteiger partial charge in [0, 0.05) is 17.4 Å². The van der Waals surface area contributed by atoms with E-state index >= 15 is 0 Å². The molecule has 2 aromatic rings. The fraction of sp³-hybridized carbons (Fsp3) is 0.333. The minimum absolute atomic E-state index is 0.106. The Labute approximate surface area is 165 Å². The maximum atomic E-state index is 12.6. The summed E-state index contributed by atoms with van der Waals surface area (Å²) in [5, 5.41) is 5.69. The lowest BCUT2D eigenvalue weighted by Crippen LogP contribution is -2.45. The van der Waals surface area contributed by atoms with Gasteiger partial charge in [-0.15, -0.1) is 0 Å². The Morgan fingerprint density at radius 2 is 1.64 bits per heavy atom. The normalized spacial score (nSPS) is 11.6. The number of likely N-dealkylation sites (N-methyl/N-ethyl adjacent to an activating group) is 1. The smallest absolute Gasteiger partial charge is 0.241 e. The fourth-order valence-corrected chi connectivity index (χ4v) is 2.70. The maximum Gasteiger partial charge on any atom is 0.241 e.